The van der Waals surface area contributed by atoms with Gasteiger partial charge in [0, 0.05) is 22.8 Å². The molecule has 0 spiro atoms. The fraction of sp³-hybridized carbons (Fsp3) is 0.312. The number of hydrogen-bond donors (Lipinski definition) is 0. The van der Waals surface area contributed by atoms with Gasteiger partial charge in [0.1, 0.15) is 10.9 Å². The van der Waals surface area contributed by atoms with Crippen molar-refractivity contribution in [2.75, 3.05) is 19.6 Å². The largest absolute Gasteiger partial charge is 0.319 e. The number of aryl methyl sites for hydroxylation is 1. The van der Waals surface area contributed by atoms with Gasteiger partial charge in [-0.25, -0.2) is 8.42 Å². The van der Waals surface area contributed by atoms with E-state index < -0.39 is 10.0 Å². The monoisotopic (exact) mass is 425 g/mol. The predicted octanol–water partition coefficient (Wildman–Crippen LogP) is 1.95. The van der Waals surface area contributed by atoms with Gasteiger partial charge in [-0.3, -0.25) is 4.79 Å². The number of halogens is 1. The number of amides is 1. The molecule has 0 bridgehead atoms. The number of sulfonamides is 1. The molecular weight excluding hydrogens is 410 g/mol. The zero-order valence-corrected chi connectivity index (χ0v) is 16.8. The van der Waals surface area contributed by atoms with E-state index >= 15 is 0 Å². The third-order valence-corrected chi connectivity index (χ3v) is 7.91. The number of hydrogen-bond acceptors (Lipinski definition) is 6. The Hall–Kier alpha value is -2.01. The number of carbonyl (C=O) groups excluding carboxylic acids is 1. The third kappa shape index (κ3) is 3.57. The van der Waals surface area contributed by atoms with Crippen LogP contribution in [0.4, 0.5) is 0 Å². The number of benzene rings is 1. The highest BCUT2D eigenvalue weighted by molar-refractivity contribution is 7.91. The van der Waals surface area contributed by atoms with E-state index in [0.29, 0.717) is 5.02 Å². The second-order valence-electron chi connectivity index (χ2n) is 6.24. The molecule has 0 unspecified atom stereocenters. The molecule has 3 heterocycles. The number of piperazine rings is 1. The zero-order chi connectivity index (χ0) is 19.2. The lowest BCUT2D eigenvalue weighted by Gasteiger charge is -2.32. The molecule has 1 aliphatic heterocycles. The fourth-order valence-electron chi connectivity index (χ4n) is 2.88. The number of nitrogens with zero attached hydrogens (tertiary/aromatic N) is 5. The lowest BCUT2D eigenvalue weighted by Crippen LogP contribution is -2.52. The van der Waals surface area contributed by atoms with Crippen LogP contribution in [0.3, 0.4) is 0 Å². The predicted molar refractivity (Wildman–Crippen MR) is 102 cm³/mol. The van der Waals surface area contributed by atoms with Gasteiger partial charge in [-0.05, 0) is 30.5 Å². The van der Waals surface area contributed by atoms with Crippen molar-refractivity contribution in [1.82, 2.24) is 24.2 Å². The number of carbonyl (C=O) groups is 1. The SMILES string of the molecule is Cc1cnn(CN2CCN(S(=O)(=O)c3cc4ccc(Cl)cc4s3)CC2=O)n1. The number of rotatable bonds is 4. The fourth-order valence-corrected chi connectivity index (χ4v) is 6.09. The summed E-state index contributed by atoms with van der Waals surface area (Å²) >= 11 is 7.13. The second-order valence-corrected chi connectivity index (χ2v) is 9.93. The van der Waals surface area contributed by atoms with Crippen LogP contribution < -0.4 is 0 Å². The molecule has 1 saturated heterocycles. The van der Waals surface area contributed by atoms with Crippen LogP contribution in [0.2, 0.25) is 5.02 Å². The summed E-state index contributed by atoms with van der Waals surface area (Å²) in [7, 11) is -3.74. The lowest BCUT2D eigenvalue weighted by molar-refractivity contribution is -0.136. The Morgan fingerprint density at radius 3 is 2.78 bits per heavy atom. The van der Waals surface area contributed by atoms with Gasteiger partial charge in [0.05, 0.1) is 18.4 Å². The maximum atomic E-state index is 13.0. The molecule has 0 N–H and O–H groups in total. The van der Waals surface area contributed by atoms with Crippen molar-refractivity contribution < 1.29 is 13.2 Å². The number of fused-ring (bicyclic) bond motifs is 1. The van der Waals surface area contributed by atoms with E-state index in [9.17, 15) is 13.2 Å². The molecule has 1 aromatic carbocycles. The average Bonchev–Trinajstić information content (AvgIpc) is 3.22. The smallest absolute Gasteiger partial charge is 0.253 e. The first-order chi connectivity index (χ1) is 12.8. The average molecular weight is 426 g/mol. The number of aromatic nitrogens is 3. The molecule has 27 heavy (non-hydrogen) atoms. The van der Waals surface area contributed by atoms with Crippen molar-refractivity contribution >= 4 is 49.0 Å². The molecule has 1 aliphatic rings. The van der Waals surface area contributed by atoms with Crippen LogP contribution in [0.1, 0.15) is 5.69 Å². The summed E-state index contributed by atoms with van der Waals surface area (Å²) in [5, 5.41) is 9.59. The molecule has 1 fully saturated rings. The van der Waals surface area contributed by atoms with Gasteiger partial charge in [-0.2, -0.15) is 19.3 Å². The topological polar surface area (TPSA) is 88.4 Å². The van der Waals surface area contributed by atoms with Crippen LogP contribution in [-0.4, -0.2) is 58.2 Å². The van der Waals surface area contributed by atoms with Gasteiger partial charge in [0.2, 0.25) is 5.91 Å². The lowest BCUT2D eigenvalue weighted by atomic mass is 10.3. The summed E-state index contributed by atoms with van der Waals surface area (Å²) in [6, 6.07) is 6.87. The summed E-state index contributed by atoms with van der Waals surface area (Å²) in [4.78, 5) is 15.4. The highest BCUT2D eigenvalue weighted by Gasteiger charge is 2.34. The molecule has 2 aromatic heterocycles. The van der Waals surface area contributed by atoms with E-state index in [1.807, 2.05) is 6.92 Å². The van der Waals surface area contributed by atoms with E-state index in [1.165, 1.54) is 9.10 Å². The standard InChI is InChI=1S/C16H16ClN5O3S2/c1-11-8-18-22(19-11)10-20-4-5-21(9-15(20)23)27(24,25)16-6-12-2-3-13(17)7-14(12)26-16/h2-3,6-8H,4-5,9-10H2,1H3. The van der Waals surface area contributed by atoms with Crippen LogP contribution in [0.15, 0.2) is 34.7 Å². The maximum Gasteiger partial charge on any atom is 0.253 e. The summed E-state index contributed by atoms with van der Waals surface area (Å²) < 4.78 is 28.1. The van der Waals surface area contributed by atoms with Crippen molar-refractivity contribution in [2.45, 2.75) is 17.8 Å². The zero-order valence-electron chi connectivity index (χ0n) is 14.4. The Labute approximate surface area is 165 Å². The molecule has 142 valence electrons. The Balaban J connectivity index is 1.52. The first-order valence-corrected chi connectivity index (χ1v) is 10.8. The maximum absolute atomic E-state index is 13.0. The molecule has 4 rings (SSSR count). The van der Waals surface area contributed by atoms with Gasteiger partial charge in [-0.15, -0.1) is 11.3 Å². The highest BCUT2D eigenvalue weighted by Crippen LogP contribution is 2.33. The molecule has 1 amide bonds. The van der Waals surface area contributed by atoms with Crippen LogP contribution in [0.5, 0.6) is 0 Å². The quantitative estimate of drug-likeness (QED) is 0.637. The van der Waals surface area contributed by atoms with E-state index in [0.717, 1.165) is 27.1 Å². The molecule has 8 nitrogen and oxygen atoms in total. The van der Waals surface area contributed by atoms with Gasteiger partial charge < -0.3 is 4.90 Å². The van der Waals surface area contributed by atoms with E-state index in [1.54, 1.807) is 35.4 Å². The Morgan fingerprint density at radius 1 is 1.26 bits per heavy atom. The minimum atomic E-state index is -3.74. The Morgan fingerprint density at radius 2 is 2.07 bits per heavy atom. The molecule has 0 saturated carbocycles. The van der Waals surface area contributed by atoms with Crippen LogP contribution in [0.25, 0.3) is 10.1 Å². The van der Waals surface area contributed by atoms with E-state index in [-0.39, 0.29) is 36.4 Å². The Kier molecular flexibility index (Phi) is 4.66. The number of thiophene rings is 1. The highest BCUT2D eigenvalue weighted by atomic mass is 35.5. The first kappa shape index (κ1) is 18.4. The third-order valence-electron chi connectivity index (χ3n) is 4.29. The van der Waals surface area contributed by atoms with Crippen LogP contribution in [-0.2, 0) is 21.5 Å². The van der Waals surface area contributed by atoms with Gasteiger partial charge in [0.25, 0.3) is 10.0 Å². The van der Waals surface area contributed by atoms with Crippen molar-refractivity contribution in [3.05, 3.63) is 41.2 Å². The van der Waals surface area contributed by atoms with E-state index in [2.05, 4.69) is 10.2 Å². The summed E-state index contributed by atoms with van der Waals surface area (Å²) in [6.07, 6.45) is 1.61. The summed E-state index contributed by atoms with van der Waals surface area (Å²) in [5.74, 6) is -0.274. The van der Waals surface area contributed by atoms with Crippen molar-refractivity contribution in [1.29, 1.82) is 0 Å². The molecule has 0 atom stereocenters. The van der Waals surface area contributed by atoms with Crippen molar-refractivity contribution in [3.63, 3.8) is 0 Å². The molecule has 3 aromatic rings. The van der Waals surface area contributed by atoms with Gasteiger partial charge in [-0.1, -0.05) is 17.7 Å². The second kappa shape index (κ2) is 6.86. The van der Waals surface area contributed by atoms with Crippen LogP contribution >= 0.6 is 22.9 Å². The normalized spacial score (nSPS) is 16.4. The Bertz CT molecular complexity index is 1120. The van der Waals surface area contributed by atoms with E-state index in [4.69, 9.17) is 11.6 Å². The molecule has 0 radical (unpaired) electrons. The van der Waals surface area contributed by atoms with Crippen molar-refractivity contribution in [2.24, 2.45) is 0 Å². The summed E-state index contributed by atoms with van der Waals surface area (Å²) in [5.41, 5.74) is 0.758. The molecular formula is C16H16ClN5O3S2. The van der Waals surface area contributed by atoms with Crippen molar-refractivity contribution in [3.8, 4) is 0 Å². The van der Waals surface area contributed by atoms with Gasteiger partial charge >= 0.3 is 0 Å². The van der Waals surface area contributed by atoms with Gasteiger partial charge in [0.15, 0.2) is 0 Å². The van der Waals surface area contributed by atoms with Crippen LogP contribution in [0, 0.1) is 6.92 Å². The first-order valence-electron chi connectivity index (χ1n) is 8.17. The minimum Gasteiger partial charge on any atom is -0.319 e. The molecule has 0 aliphatic carbocycles. The minimum absolute atomic E-state index is 0.197. The molecule has 11 heteroatoms. The summed E-state index contributed by atoms with van der Waals surface area (Å²) in [6.45, 7) is 2.34.